The number of nitrogens with one attached hydrogen (secondary N) is 1. The largest absolute Gasteiger partial charge is 0.451 e. The summed E-state index contributed by atoms with van der Waals surface area (Å²) in [4.78, 5) is 19.7. The number of fused-ring (bicyclic) bond motifs is 1. The Morgan fingerprint density at radius 1 is 1.36 bits per heavy atom. The highest BCUT2D eigenvalue weighted by Crippen LogP contribution is 2.24. The fourth-order valence-corrected chi connectivity index (χ4v) is 3.49. The Hall–Kier alpha value is -2.67. The van der Waals surface area contributed by atoms with Crippen molar-refractivity contribution in [3.8, 4) is 0 Å². The molecule has 2 aromatic heterocycles. The van der Waals surface area contributed by atoms with Crippen LogP contribution in [0.1, 0.15) is 34.8 Å². The second-order valence-electron chi connectivity index (χ2n) is 5.47. The van der Waals surface area contributed by atoms with Crippen LogP contribution in [0.4, 0.5) is 5.13 Å². The lowest BCUT2D eigenvalue weighted by molar-refractivity contribution is 0.0929. The van der Waals surface area contributed by atoms with Crippen LogP contribution in [-0.2, 0) is 0 Å². The van der Waals surface area contributed by atoms with Gasteiger partial charge in [0.05, 0.1) is 11.1 Å². The molecule has 0 fully saturated rings. The highest BCUT2D eigenvalue weighted by atomic mass is 32.1. The van der Waals surface area contributed by atoms with E-state index in [0.717, 1.165) is 34.0 Å². The number of carbonyl (C=O) groups excluding carboxylic acids is 1. The van der Waals surface area contributed by atoms with Gasteiger partial charge in [0.1, 0.15) is 5.58 Å². The van der Waals surface area contributed by atoms with Crippen LogP contribution in [0.5, 0.6) is 0 Å². The molecule has 1 aromatic carbocycles. The summed E-state index contributed by atoms with van der Waals surface area (Å²) in [5, 5.41) is 5.90. The summed E-state index contributed by atoms with van der Waals surface area (Å²) < 4.78 is 5.63. The zero-order valence-corrected chi connectivity index (χ0v) is 15.3. The maximum absolute atomic E-state index is 12.3. The number of rotatable bonds is 6. The monoisotopic (exact) mass is 356 g/mol. The first-order chi connectivity index (χ1) is 12.1. The quantitative estimate of drug-likeness (QED) is 0.538. The van der Waals surface area contributed by atoms with E-state index in [-0.39, 0.29) is 11.7 Å². The van der Waals surface area contributed by atoms with Crippen molar-refractivity contribution < 1.29 is 9.21 Å². The van der Waals surface area contributed by atoms with Gasteiger partial charge in [0.25, 0.3) is 0 Å². The van der Waals surface area contributed by atoms with Gasteiger partial charge in [-0.25, -0.2) is 10.4 Å². The molecule has 0 saturated heterocycles. The number of hydrogen-bond donors (Lipinski definition) is 1. The Labute approximate surface area is 150 Å². The SMILES string of the molecule is CCN(CC)c1ncc(/C=N\NC(=O)c2oc3ccccc3c2C)s1. The molecule has 3 aromatic rings. The van der Waals surface area contributed by atoms with Crippen LogP contribution in [-0.4, -0.2) is 30.2 Å². The lowest BCUT2D eigenvalue weighted by atomic mass is 10.1. The minimum absolute atomic E-state index is 0.284. The van der Waals surface area contributed by atoms with Gasteiger partial charge in [-0.2, -0.15) is 5.10 Å². The second-order valence-corrected chi connectivity index (χ2v) is 6.51. The normalized spacial score (nSPS) is 11.3. The number of para-hydroxylation sites is 1. The number of aryl methyl sites for hydroxylation is 1. The van der Waals surface area contributed by atoms with Crippen molar-refractivity contribution in [2.24, 2.45) is 5.10 Å². The van der Waals surface area contributed by atoms with Crippen LogP contribution in [0, 0.1) is 6.92 Å². The molecular formula is C18H20N4O2S. The highest BCUT2D eigenvalue weighted by molar-refractivity contribution is 7.17. The van der Waals surface area contributed by atoms with Gasteiger partial charge in [-0.15, -0.1) is 0 Å². The van der Waals surface area contributed by atoms with Crippen LogP contribution < -0.4 is 10.3 Å². The maximum atomic E-state index is 12.3. The van der Waals surface area contributed by atoms with Gasteiger partial charge in [0.2, 0.25) is 0 Å². The van der Waals surface area contributed by atoms with E-state index in [1.165, 1.54) is 11.3 Å². The molecule has 130 valence electrons. The van der Waals surface area contributed by atoms with Crippen molar-refractivity contribution >= 4 is 39.6 Å². The number of benzene rings is 1. The molecule has 0 spiro atoms. The number of furan rings is 1. The fourth-order valence-electron chi connectivity index (χ4n) is 2.57. The number of hydrogen-bond acceptors (Lipinski definition) is 6. The molecule has 6 nitrogen and oxygen atoms in total. The number of hydrazone groups is 1. The number of thiazole rings is 1. The molecule has 1 N–H and O–H groups in total. The van der Waals surface area contributed by atoms with Gasteiger partial charge >= 0.3 is 5.91 Å². The molecule has 0 saturated carbocycles. The predicted molar refractivity (Wildman–Crippen MR) is 102 cm³/mol. The van der Waals surface area contributed by atoms with E-state index in [1.54, 1.807) is 12.4 Å². The number of nitrogens with zero attached hydrogens (tertiary/aromatic N) is 3. The molecule has 0 aliphatic heterocycles. The lowest BCUT2D eigenvalue weighted by Gasteiger charge is -2.16. The molecular weight excluding hydrogens is 336 g/mol. The van der Waals surface area contributed by atoms with E-state index in [1.807, 2.05) is 31.2 Å². The van der Waals surface area contributed by atoms with Gasteiger partial charge in [0.15, 0.2) is 10.9 Å². The number of aromatic nitrogens is 1. The van der Waals surface area contributed by atoms with Crippen LogP contribution >= 0.6 is 11.3 Å². The summed E-state index contributed by atoms with van der Waals surface area (Å²) in [6.07, 6.45) is 3.35. The zero-order chi connectivity index (χ0) is 17.8. The van der Waals surface area contributed by atoms with Gasteiger partial charge in [-0.3, -0.25) is 4.79 Å². The zero-order valence-electron chi connectivity index (χ0n) is 14.4. The summed E-state index contributed by atoms with van der Waals surface area (Å²) in [5.74, 6) is -0.0788. The summed E-state index contributed by atoms with van der Waals surface area (Å²) in [6.45, 7) is 7.86. The van der Waals surface area contributed by atoms with Crippen molar-refractivity contribution in [2.75, 3.05) is 18.0 Å². The van der Waals surface area contributed by atoms with Gasteiger partial charge in [-0.1, -0.05) is 29.5 Å². The van der Waals surface area contributed by atoms with Crippen molar-refractivity contribution in [1.29, 1.82) is 0 Å². The smallest absolute Gasteiger partial charge is 0.307 e. The lowest BCUT2D eigenvalue weighted by Crippen LogP contribution is -2.21. The molecule has 7 heteroatoms. The topological polar surface area (TPSA) is 70.7 Å². The van der Waals surface area contributed by atoms with Crippen LogP contribution in [0.25, 0.3) is 11.0 Å². The van der Waals surface area contributed by atoms with Crippen molar-refractivity contribution in [3.05, 3.63) is 46.7 Å². The Bertz CT molecular complexity index is 909. The van der Waals surface area contributed by atoms with E-state index in [2.05, 4.69) is 34.3 Å². The van der Waals surface area contributed by atoms with Crippen LogP contribution in [0.15, 0.2) is 40.0 Å². The third-order valence-electron chi connectivity index (χ3n) is 3.95. The number of carbonyl (C=O) groups is 1. The average molecular weight is 356 g/mol. The summed E-state index contributed by atoms with van der Waals surface area (Å²) in [7, 11) is 0. The highest BCUT2D eigenvalue weighted by Gasteiger charge is 2.16. The molecule has 0 unspecified atom stereocenters. The molecule has 2 heterocycles. The van der Waals surface area contributed by atoms with Gasteiger partial charge < -0.3 is 9.32 Å². The minimum atomic E-state index is -0.363. The first-order valence-electron chi connectivity index (χ1n) is 8.16. The molecule has 25 heavy (non-hydrogen) atoms. The minimum Gasteiger partial charge on any atom is -0.451 e. The first-order valence-corrected chi connectivity index (χ1v) is 8.98. The Morgan fingerprint density at radius 2 is 2.12 bits per heavy atom. The van der Waals surface area contributed by atoms with Gasteiger partial charge in [0, 0.05) is 30.2 Å². The second kappa shape index (κ2) is 7.48. The number of anilines is 1. The summed E-state index contributed by atoms with van der Waals surface area (Å²) in [6, 6.07) is 7.57. The van der Waals surface area contributed by atoms with E-state index in [4.69, 9.17) is 4.42 Å². The van der Waals surface area contributed by atoms with Crippen molar-refractivity contribution in [1.82, 2.24) is 10.4 Å². The standard InChI is InChI=1S/C18H20N4O2S/c1-4-22(5-2)18-19-10-13(25-18)11-20-21-17(23)16-12(3)14-8-6-7-9-15(14)24-16/h6-11H,4-5H2,1-3H3,(H,21,23)/b20-11-. The maximum Gasteiger partial charge on any atom is 0.307 e. The summed E-state index contributed by atoms with van der Waals surface area (Å²) in [5.41, 5.74) is 4.02. The predicted octanol–water partition coefficient (Wildman–Crippen LogP) is 3.81. The first kappa shape index (κ1) is 17.2. The van der Waals surface area contributed by atoms with Crippen LogP contribution in [0.3, 0.4) is 0 Å². The van der Waals surface area contributed by atoms with E-state index in [9.17, 15) is 4.79 Å². The van der Waals surface area contributed by atoms with Gasteiger partial charge in [-0.05, 0) is 26.8 Å². The Kier molecular flexibility index (Phi) is 5.14. The molecule has 0 aliphatic rings. The third kappa shape index (κ3) is 3.56. The van der Waals surface area contributed by atoms with Crippen molar-refractivity contribution in [2.45, 2.75) is 20.8 Å². The molecule has 0 bridgehead atoms. The summed E-state index contributed by atoms with van der Waals surface area (Å²) >= 11 is 1.54. The molecule has 0 atom stereocenters. The molecule has 0 radical (unpaired) electrons. The fraction of sp³-hybridized carbons (Fsp3) is 0.278. The molecule has 1 amide bonds. The van der Waals surface area contributed by atoms with Crippen LogP contribution in [0.2, 0.25) is 0 Å². The Morgan fingerprint density at radius 3 is 2.84 bits per heavy atom. The molecule has 3 rings (SSSR count). The van der Waals surface area contributed by atoms with E-state index >= 15 is 0 Å². The third-order valence-corrected chi connectivity index (χ3v) is 4.95. The van der Waals surface area contributed by atoms with E-state index < -0.39 is 0 Å². The number of amides is 1. The average Bonchev–Trinajstić information content (AvgIpc) is 3.22. The molecule has 0 aliphatic carbocycles. The van der Waals surface area contributed by atoms with Crippen molar-refractivity contribution in [3.63, 3.8) is 0 Å². The van der Waals surface area contributed by atoms with E-state index in [0.29, 0.717) is 5.58 Å². The Balaban J connectivity index is 1.69.